The van der Waals surface area contributed by atoms with E-state index in [9.17, 15) is 9.18 Å². The number of amides is 1. The van der Waals surface area contributed by atoms with E-state index in [1.807, 2.05) is 20.8 Å². The van der Waals surface area contributed by atoms with Crippen LogP contribution in [0.15, 0.2) is 28.8 Å². The molecule has 158 valence electrons. The van der Waals surface area contributed by atoms with Crippen LogP contribution in [0.3, 0.4) is 0 Å². The number of carbonyl (C=O) groups excluding carboxylic acids is 1. The molecule has 1 aromatic carbocycles. The molecule has 1 N–H and O–H groups in total. The van der Waals surface area contributed by atoms with Gasteiger partial charge in [0.2, 0.25) is 0 Å². The number of hydrogen-bond donors (Lipinski definition) is 1. The molecule has 7 nitrogen and oxygen atoms in total. The Labute approximate surface area is 169 Å². The maximum atomic E-state index is 14.5. The zero-order valence-electron chi connectivity index (χ0n) is 17.2. The molecule has 0 bridgehead atoms. The van der Waals surface area contributed by atoms with Crippen LogP contribution in [0.2, 0.25) is 0 Å². The molecule has 0 aliphatic carbocycles. The van der Waals surface area contributed by atoms with E-state index in [1.54, 1.807) is 25.1 Å². The monoisotopic (exact) mass is 406 g/mol. The number of halogens is 1. The predicted octanol–water partition coefficient (Wildman–Crippen LogP) is 4.10. The highest BCUT2D eigenvalue weighted by molar-refractivity contribution is 5.68. The van der Waals surface area contributed by atoms with Crippen molar-refractivity contribution in [3.63, 3.8) is 0 Å². The third-order valence-electron chi connectivity index (χ3n) is 4.45. The second-order valence-corrected chi connectivity index (χ2v) is 8.22. The fourth-order valence-corrected chi connectivity index (χ4v) is 3.05. The van der Waals surface area contributed by atoms with Crippen LogP contribution in [-0.4, -0.2) is 42.7 Å². The van der Waals surface area contributed by atoms with Gasteiger partial charge in [-0.1, -0.05) is 5.16 Å². The van der Waals surface area contributed by atoms with Gasteiger partial charge in [0.1, 0.15) is 29.1 Å². The average molecular weight is 406 g/mol. The third kappa shape index (κ3) is 5.93. The topological polar surface area (TPSA) is 82.8 Å². The highest BCUT2D eigenvalue weighted by Crippen LogP contribution is 2.27. The van der Waals surface area contributed by atoms with Crippen LogP contribution in [0, 0.1) is 18.7 Å². The molecule has 1 amide bonds. The van der Waals surface area contributed by atoms with Gasteiger partial charge in [0.15, 0.2) is 0 Å². The summed E-state index contributed by atoms with van der Waals surface area (Å²) in [6, 6.07) is 6.26. The summed E-state index contributed by atoms with van der Waals surface area (Å²) in [6.07, 6.45) is -0.203. The molecule has 2 aromatic rings. The summed E-state index contributed by atoms with van der Waals surface area (Å²) in [5.74, 6) is 0.400. The molecule has 1 aliphatic heterocycles. The number of aromatic nitrogens is 1. The zero-order chi connectivity index (χ0) is 21.0. The molecule has 2 heterocycles. The van der Waals surface area contributed by atoms with E-state index in [-0.39, 0.29) is 24.2 Å². The van der Waals surface area contributed by atoms with Crippen LogP contribution < -0.4 is 10.1 Å². The van der Waals surface area contributed by atoms with Crippen LogP contribution in [0.4, 0.5) is 9.18 Å². The van der Waals surface area contributed by atoms with Crippen molar-refractivity contribution in [1.82, 2.24) is 10.5 Å². The van der Waals surface area contributed by atoms with Gasteiger partial charge in [-0.15, -0.1) is 0 Å². The van der Waals surface area contributed by atoms with Crippen LogP contribution in [0.5, 0.6) is 5.75 Å². The largest absolute Gasteiger partial charge is 0.493 e. The summed E-state index contributed by atoms with van der Waals surface area (Å²) >= 11 is 0. The zero-order valence-corrected chi connectivity index (χ0v) is 17.2. The Morgan fingerprint density at radius 1 is 1.34 bits per heavy atom. The van der Waals surface area contributed by atoms with Crippen molar-refractivity contribution in [1.29, 1.82) is 0 Å². The number of ether oxygens (including phenoxy) is 3. The number of carbonyl (C=O) groups is 1. The third-order valence-corrected chi connectivity index (χ3v) is 4.45. The molecule has 1 aliphatic rings. The highest BCUT2D eigenvalue weighted by atomic mass is 19.1. The lowest BCUT2D eigenvalue weighted by molar-refractivity contribution is -0.0569. The van der Waals surface area contributed by atoms with E-state index in [2.05, 4.69) is 10.5 Å². The minimum absolute atomic E-state index is 0.143. The van der Waals surface area contributed by atoms with E-state index < -0.39 is 11.9 Å². The maximum absolute atomic E-state index is 14.5. The lowest BCUT2D eigenvalue weighted by atomic mass is 9.99. The first-order chi connectivity index (χ1) is 13.7. The van der Waals surface area contributed by atoms with Crippen molar-refractivity contribution in [2.75, 3.05) is 19.8 Å². The average Bonchev–Trinajstić information content (AvgIpc) is 3.05. The van der Waals surface area contributed by atoms with Crippen LogP contribution >= 0.6 is 0 Å². The summed E-state index contributed by atoms with van der Waals surface area (Å²) in [7, 11) is 0. The quantitative estimate of drug-likeness (QED) is 0.805. The summed E-state index contributed by atoms with van der Waals surface area (Å²) in [5.41, 5.74) is 0.399. The van der Waals surface area contributed by atoms with Crippen molar-refractivity contribution in [3.05, 3.63) is 35.8 Å². The van der Waals surface area contributed by atoms with Gasteiger partial charge in [-0.3, -0.25) is 0 Å². The molecule has 0 spiro atoms. The van der Waals surface area contributed by atoms with E-state index in [0.717, 1.165) is 0 Å². The van der Waals surface area contributed by atoms with Crippen LogP contribution in [0.1, 0.15) is 33.0 Å². The first kappa shape index (κ1) is 21.1. The van der Waals surface area contributed by atoms with E-state index >= 15 is 0 Å². The molecule has 0 saturated carbocycles. The first-order valence-electron chi connectivity index (χ1n) is 9.64. The van der Waals surface area contributed by atoms with Gasteiger partial charge in [-0.05, 0) is 39.8 Å². The molecular formula is C21H27FN2O5. The van der Waals surface area contributed by atoms with Crippen molar-refractivity contribution in [3.8, 4) is 17.0 Å². The Bertz CT molecular complexity index is 846. The summed E-state index contributed by atoms with van der Waals surface area (Å²) in [4.78, 5) is 12.1. The van der Waals surface area contributed by atoms with Gasteiger partial charge in [-0.25, -0.2) is 9.18 Å². The van der Waals surface area contributed by atoms with Crippen LogP contribution in [0.25, 0.3) is 11.3 Å². The number of aryl methyl sites for hydroxylation is 1. The molecule has 1 saturated heterocycles. The minimum Gasteiger partial charge on any atom is -0.493 e. The number of nitrogens with zero attached hydrogens (tertiary/aromatic N) is 1. The van der Waals surface area contributed by atoms with E-state index in [0.29, 0.717) is 42.4 Å². The maximum Gasteiger partial charge on any atom is 0.407 e. The summed E-state index contributed by atoms with van der Waals surface area (Å²) < 4.78 is 36.3. The minimum atomic E-state index is -0.465. The molecule has 2 unspecified atom stereocenters. The molecule has 3 rings (SSSR count). The van der Waals surface area contributed by atoms with Crippen molar-refractivity contribution < 1.29 is 27.9 Å². The Balaban J connectivity index is 1.60. The van der Waals surface area contributed by atoms with Crippen LogP contribution in [-0.2, 0) is 9.47 Å². The molecule has 1 aromatic heterocycles. The Morgan fingerprint density at radius 3 is 2.79 bits per heavy atom. The first-order valence-corrected chi connectivity index (χ1v) is 9.64. The Hall–Kier alpha value is -2.61. The molecular weight excluding hydrogens is 379 g/mol. The lowest BCUT2D eigenvalue weighted by Gasteiger charge is -2.32. The molecule has 29 heavy (non-hydrogen) atoms. The normalized spacial score (nSPS) is 19.6. The van der Waals surface area contributed by atoms with E-state index in [4.69, 9.17) is 18.7 Å². The van der Waals surface area contributed by atoms with Crippen molar-refractivity contribution in [2.45, 2.75) is 45.8 Å². The fraction of sp³-hybridized carbons (Fsp3) is 0.524. The number of rotatable bonds is 5. The highest BCUT2D eigenvalue weighted by Gasteiger charge is 2.30. The Morgan fingerprint density at radius 2 is 2.14 bits per heavy atom. The summed E-state index contributed by atoms with van der Waals surface area (Å²) in [6.45, 7) is 8.58. The molecule has 2 atom stereocenters. The van der Waals surface area contributed by atoms with Gasteiger partial charge in [0.25, 0.3) is 0 Å². The number of hydrogen-bond acceptors (Lipinski definition) is 6. The van der Waals surface area contributed by atoms with Gasteiger partial charge in [-0.2, -0.15) is 0 Å². The second kappa shape index (κ2) is 8.82. The number of benzene rings is 1. The van der Waals surface area contributed by atoms with Crippen molar-refractivity contribution in [2.24, 2.45) is 5.92 Å². The summed E-state index contributed by atoms with van der Waals surface area (Å²) in [5, 5.41) is 6.62. The Kier molecular flexibility index (Phi) is 6.42. The standard InChI is InChI=1S/C21H27FN2O5/c1-13-9-18(24-29-13)16-6-5-15(10-17(16)22)27-12-14-11-26-8-7-19(14)28-20(25)23-21(2,3)4/h5-6,9-10,14,19H,7-8,11-12H2,1-4H3,(H,23,25). The number of alkyl carbamates (subject to hydrolysis) is 1. The van der Waals surface area contributed by atoms with Gasteiger partial charge < -0.3 is 24.1 Å². The molecule has 8 heteroatoms. The van der Waals surface area contributed by atoms with Gasteiger partial charge >= 0.3 is 6.09 Å². The van der Waals surface area contributed by atoms with Gasteiger partial charge in [0, 0.05) is 29.7 Å². The number of nitrogens with one attached hydrogen (secondary N) is 1. The second-order valence-electron chi connectivity index (χ2n) is 8.22. The predicted molar refractivity (Wildman–Crippen MR) is 104 cm³/mol. The molecule has 1 fully saturated rings. The smallest absolute Gasteiger partial charge is 0.407 e. The van der Waals surface area contributed by atoms with Gasteiger partial charge in [0.05, 0.1) is 25.7 Å². The SMILES string of the molecule is Cc1cc(-c2ccc(OCC3COCCC3OC(=O)NC(C)(C)C)cc2F)no1. The lowest BCUT2D eigenvalue weighted by Crippen LogP contribution is -2.46. The van der Waals surface area contributed by atoms with Crippen molar-refractivity contribution >= 4 is 6.09 Å². The fourth-order valence-electron chi connectivity index (χ4n) is 3.05. The van der Waals surface area contributed by atoms with E-state index in [1.165, 1.54) is 6.07 Å². The molecule has 0 radical (unpaired) electrons.